The maximum atomic E-state index is 12.2. The fourth-order valence-corrected chi connectivity index (χ4v) is 3.50. The molecule has 1 saturated heterocycles. The molecule has 0 aliphatic carbocycles. The smallest absolute Gasteiger partial charge is 0.319 e. The summed E-state index contributed by atoms with van der Waals surface area (Å²) in [6, 6.07) is 11.2. The average Bonchev–Trinajstić information content (AvgIpc) is 3.13. The highest BCUT2D eigenvalue weighted by atomic mass is 16.3. The molecule has 0 spiro atoms. The van der Waals surface area contributed by atoms with Gasteiger partial charge in [0.05, 0.1) is 0 Å². The highest BCUT2D eigenvalue weighted by molar-refractivity contribution is 5.89. The summed E-state index contributed by atoms with van der Waals surface area (Å²) in [6.45, 7) is 4.60. The molecule has 0 bridgehead atoms. The van der Waals surface area contributed by atoms with Crippen molar-refractivity contribution in [1.29, 1.82) is 0 Å². The lowest BCUT2D eigenvalue weighted by Gasteiger charge is -2.42. The predicted octanol–water partition coefficient (Wildman–Crippen LogP) is 2.35. The van der Waals surface area contributed by atoms with Crippen LogP contribution >= 0.6 is 0 Å². The molecular formula is C22H25N5O3. The van der Waals surface area contributed by atoms with Gasteiger partial charge in [-0.25, -0.2) is 9.78 Å². The van der Waals surface area contributed by atoms with Crippen LogP contribution in [-0.4, -0.2) is 50.0 Å². The highest BCUT2D eigenvalue weighted by Gasteiger charge is 2.37. The lowest BCUT2D eigenvalue weighted by atomic mass is 9.90. The Kier molecular flexibility index (Phi) is 5.17. The number of likely N-dealkylation sites (tertiary alicyclic amines) is 1. The van der Waals surface area contributed by atoms with E-state index in [1.807, 2.05) is 53.2 Å². The van der Waals surface area contributed by atoms with Crippen molar-refractivity contribution in [2.24, 2.45) is 0 Å². The van der Waals surface area contributed by atoms with E-state index in [2.05, 4.69) is 15.6 Å². The van der Waals surface area contributed by atoms with Crippen LogP contribution in [0.5, 0.6) is 0 Å². The fraction of sp³-hybridized carbons (Fsp3) is 0.318. The number of aromatic nitrogens is 2. The first-order valence-corrected chi connectivity index (χ1v) is 9.88. The lowest BCUT2D eigenvalue weighted by Crippen LogP contribution is -2.55. The van der Waals surface area contributed by atoms with E-state index in [1.54, 1.807) is 11.1 Å². The van der Waals surface area contributed by atoms with Crippen LogP contribution in [0.3, 0.4) is 0 Å². The number of carbonyl (C=O) groups excluding carboxylic acids is 2. The number of amides is 3. The first kappa shape index (κ1) is 19.9. The molecule has 156 valence electrons. The Hall–Kier alpha value is -3.39. The van der Waals surface area contributed by atoms with Gasteiger partial charge in [-0.15, -0.1) is 0 Å². The van der Waals surface area contributed by atoms with E-state index in [4.69, 9.17) is 0 Å². The van der Waals surface area contributed by atoms with Gasteiger partial charge < -0.3 is 25.0 Å². The molecule has 1 aliphatic heterocycles. The lowest BCUT2D eigenvalue weighted by molar-refractivity contribution is -0.152. The number of hydrogen-bond donors (Lipinski definition) is 3. The summed E-state index contributed by atoms with van der Waals surface area (Å²) >= 11 is 0. The SMILES string of the molecule is CC(C)(O)C(=O)N1CC(c2ccc(NC(=O)NCc3ccn4ccnc4c3)cc2)C1. The van der Waals surface area contributed by atoms with E-state index in [0.29, 0.717) is 25.3 Å². The number of carbonyl (C=O) groups is 2. The number of imidazole rings is 1. The van der Waals surface area contributed by atoms with Crippen molar-refractivity contribution in [3.8, 4) is 0 Å². The van der Waals surface area contributed by atoms with Gasteiger partial charge in [-0.05, 0) is 49.2 Å². The predicted molar refractivity (Wildman–Crippen MR) is 113 cm³/mol. The zero-order chi connectivity index (χ0) is 21.3. The number of nitrogens with zero attached hydrogens (tertiary/aromatic N) is 3. The molecule has 0 atom stereocenters. The van der Waals surface area contributed by atoms with Crippen LogP contribution < -0.4 is 10.6 Å². The number of pyridine rings is 1. The second-order valence-corrected chi connectivity index (χ2v) is 8.12. The van der Waals surface area contributed by atoms with Gasteiger partial charge in [-0.2, -0.15) is 0 Å². The second-order valence-electron chi connectivity index (χ2n) is 8.12. The van der Waals surface area contributed by atoms with Crippen LogP contribution in [0.1, 0.15) is 30.9 Å². The van der Waals surface area contributed by atoms with Gasteiger partial charge in [0.1, 0.15) is 11.2 Å². The van der Waals surface area contributed by atoms with Crippen molar-refractivity contribution in [1.82, 2.24) is 19.6 Å². The Morgan fingerprint density at radius 3 is 2.60 bits per heavy atom. The largest absolute Gasteiger partial charge is 0.381 e. The number of anilines is 1. The maximum Gasteiger partial charge on any atom is 0.319 e. The van der Waals surface area contributed by atoms with E-state index < -0.39 is 5.60 Å². The van der Waals surface area contributed by atoms with Gasteiger partial charge in [0.2, 0.25) is 0 Å². The fourth-order valence-electron chi connectivity index (χ4n) is 3.50. The number of rotatable bonds is 5. The standard InChI is InChI=1S/C22H25N5O3/c1-22(2,30)20(28)27-13-17(14-27)16-3-5-18(6-4-16)25-21(29)24-12-15-7-9-26-10-8-23-19(26)11-15/h3-11,17,30H,12-14H2,1-2H3,(H2,24,25,29). The van der Waals surface area contributed by atoms with E-state index >= 15 is 0 Å². The maximum absolute atomic E-state index is 12.2. The molecule has 0 unspecified atom stereocenters. The first-order chi connectivity index (χ1) is 14.3. The molecule has 8 nitrogen and oxygen atoms in total. The van der Waals surface area contributed by atoms with Gasteiger partial charge in [0, 0.05) is 49.8 Å². The summed E-state index contributed by atoms with van der Waals surface area (Å²) in [6.07, 6.45) is 5.51. The third kappa shape index (κ3) is 4.28. The van der Waals surface area contributed by atoms with Crippen molar-refractivity contribution < 1.29 is 14.7 Å². The van der Waals surface area contributed by atoms with Crippen molar-refractivity contribution in [3.05, 3.63) is 66.1 Å². The average molecular weight is 407 g/mol. The minimum Gasteiger partial charge on any atom is -0.381 e. The zero-order valence-electron chi connectivity index (χ0n) is 17.0. The molecule has 8 heteroatoms. The van der Waals surface area contributed by atoms with Crippen LogP contribution in [0.25, 0.3) is 5.65 Å². The summed E-state index contributed by atoms with van der Waals surface area (Å²) in [7, 11) is 0. The number of urea groups is 1. The molecule has 3 aromatic rings. The molecule has 1 aromatic carbocycles. The summed E-state index contributed by atoms with van der Waals surface area (Å²) < 4.78 is 1.91. The summed E-state index contributed by atoms with van der Waals surface area (Å²) in [5.41, 5.74) is 2.27. The number of aliphatic hydroxyl groups is 1. The Morgan fingerprint density at radius 2 is 1.90 bits per heavy atom. The minimum atomic E-state index is -1.34. The first-order valence-electron chi connectivity index (χ1n) is 9.88. The van der Waals surface area contributed by atoms with Crippen molar-refractivity contribution in [2.45, 2.75) is 31.9 Å². The van der Waals surface area contributed by atoms with Crippen LogP contribution in [0, 0.1) is 0 Å². The molecule has 1 fully saturated rings. The van der Waals surface area contributed by atoms with Crippen LogP contribution in [0.15, 0.2) is 55.0 Å². The monoisotopic (exact) mass is 407 g/mol. The van der Waals surface area contributed by atoms with E-state index in [1.165, 1.54) is 13.8 Å². The summed E-state index contributed by atoms with van der Waals surface area (Å²) in [5.74, 6) is -0.00244. The Labute approximate surface area is 174 Å². The molecule has 30 heavy (non-hydrogen) atoms. The Morgan fingerprint density at radius 1 is 1.17 bits per heavy atom. The number of fused-ring (bicyclic) bond motifs is 1. The summed E-state index contributed by atoms with van der Waals surface area (Å²) in [5, 5.41) is 15.5. The molecule has 4 rings (SSSR count). The Bertz CT molecular complexity index is 1060. The molecule has 3 N–H and O–H groups in total. The minimum absolute atomic E-state index is 0.247. The molecule has 2 aromatic heterocycles. The third-order valence-corrected chi connectivity index (χ3v) is 5.25. The molecule has 1 aliphatic rings. The number of nitrogens with one attached hydrogen (secondary N) is 2. The normalized spacial score (nSPS) is 14.4. The number of benzene rings is 1. The number of hydrogen-bond acceptors (Lipinski definition) is 4. The van der Waals surface area contributed by atoms with Gasteiger partial charge >= 0.3 is 6.03 Å². The van der Waals surface area contributed by atoms with Crippen molar-refractivity contribution in [2.75, 3.05) is 18.4 Å². The van der Waals surface area contributed by atoms with E-state index in [-0.39, 0.29) is 17.9 Å². The molecule has 0 saturated carbocycles. The zero-order valence-corrected chi connectivity index (χ0v) is 17.0. The topological polar surface area (TPSA) is 99.0 Å². The van der Waals surface area contributed by atoms with Crippen LogP contribution in [0.4, 0.5) is 10.5 Å². The second kappa shape index (κ2) is 7.79. The molecule has 3 amide bonds. The molecule has 0 radical (unpaired) electrons. The van der Waals surface area contributed by atoms with Crippen LogP contribution in [-0.2, 0) is 11.3 Å². The third-order valence-electron chi connectivity index (χ3n) is 5.25. The van der Waals surface area contributed by atoms with E-state index in [9.17, 15) is 14.7 Å². The van der Waals surface area contributed by atoms with Crippen molar-refractivity contribution >= 4 is 23.3 Å². The quantitative estimate of drug-likeness (QED) is 0.605. The van der Waals surface area contributed by atoms with Gasteiger partial charge in [0.15, 0.2) is 0 Å². The summed E-state index contributed by atoms with van der Waals surface area (Å²) in [4.78, 5) is 30.1. The molecular weight excluding hydrogens is 382 g/mol. The molecule has 3 heterocycles. The van der Waals surface area contributed by atoms with Gasteiger partial charge in [0.25, 0.3) is 5.91 Å². The van der Waals surface area contributed by atoms with E-state index in [0.717, 1.165) is 16.8 Å². The highest BCUT2D eigenvalue weighted by Crippen LogP contribution is 2.29. The van der Waals surface area contributed by atoms with Gasteiger partial charge in [-0.1, -0.05) is 12.1 Å². The van der Waals surface area contributed by atoms with Crippen molar-refractivity contribution in [3.63, 3.8) is 0 Å². The van der Waals surface area contributed by atoms with Gasteiger partial charge in [-0.3, -0.25) is 4.79 Å². The van der Waals surface area contributed by atoms with Crippen LogP contribution in [0.2, 0.25) is 0 Å². The Balaban J connectivity index is 1.26.